The van der Waals surface area contributed by atoms with E-state index in [4.69, 9.17) is 4.74 Å². The van der Waals surface area contributed by atoms with Gasteiger partial charge < -0.3 is 9.72 Å². The number of nitrogens with one attached hydrogen (secondary N) is 1. The topological polar surface area (TPSA) is 75.3 Å². The Morgan fingerprint density at radius 2 is 1.92 bits per heavy atom. The summed E-state index contributed by atoms with van der Waals surface area (Å²) in [5.74, 6) is 1.63. The number of ether oxygens (including phenoxy) is 1. The van der Waals surface area contributed by atoms with Crippen LogP contribution in [0.25, 0.3) is 11.0 Å². The minimum absolute atomic E-state index is 0.0943. The molecular weight excluding hydrogens is 350 g/mol. The van der Waals surface area contributed by atoms with Crippen molar-refractivity contribution in [1.29, 1.82) is 0 Å². The Bertz CT molecular complexity index is 1080. The number of nitrogens with zero attached hydrogens (tertiary/aromatic N) is 2. The number of hydrogen-bond acceptors (Lipinski definition) is 4. The first-order chi connectivity index (χ1) is 12.4. The maximum Gasteiger partial charge on any atom is 0.243 e. The van der Waals surface area contributed by atoms with Gasteiger partial charge in [-0.1, -0.05) is 6.07 Å². The molecule has 0 spiro atoms. The van der Waals surface area contributed by atoms with Crippen molar-refractivity contribution in [3.63, 3.8) is 0 Å². The first-order valence-corrected chi connectivity index (χ1v) is 9.93. The zero-order valence-electron chi connectivity index (χ0n) is 15.0. The molecule has 4 rings (SSSR count). The van der Waals surface area contributed by atoms with Crippen molar-refractivity contribution in [3.05, 3.63) is 53.3 Å². The molecule has 0 atom stereocenters. The first kappa shape index (κ1) is 17.1. The van der Waals surface area contributed by atoms with Gasteiger partial charge in [-0.2, -0.15) is 4.31 Å². The zero-order chi connectivity index (χ0) is 18.5. The minimum atomic E-state index is -3.49. The Kier molecular flexibility index (Phi) is 4.00. The van der Waals surface area contributed by atoms with Gasteiger partial charge in [0.2, 0.25) is 10.0 Å². The molecule has 0 aliphatic carbocycles. The van der Waals surface area contributed by atoms with Crippen LogP contribution in [0.2, 0.25) is 0 Å². The van der Waals surface area contributed by atoms with E-state index in [2.05, 4.69) is 16.0 Å². The molecule has 0 amide bonds. The van der Waals surface area contributed by atoms with Crippen molar-refractivity contribution >= 4 is 21.1 Å². The molecule has 1 N–H and O–H groups in total. The predicted octanol–water partition coefficient (Wildman–Crippen LogP) is 2.98. The summed E-state index contributed by atoms with van der Waals surface area (Å²) in [7, 11) is -1.92. The lowest BCUT2D eigenvalue weighted by Gasteiger charge is -2.36. The van der Waals surface area contributed by atoms with Crippen molar-refractivity contribution in [2.75, 3.05) is 20.2 Å². The average Bonchev–Trinajstić information content (AvgIpc) is 2.95. The van der Waals surface area contributed by atoms with Crippen LogP contribution in [0.3, 0.4) is 0 Å². The Labute approximate surface area is 152 Å². The highest BCUT2D eigenvalue weighted by Crippen LogP contribution is 2.33. The van der Waals surface area contributed by atoms with Crippen LogP contribution in [0.1, 0.15) is 22.9 Å². The Morgan fingerprint density at radius 3 is 2.62 bits per heavy atom. The van der Waals surface area contributed by atoms with Crippen LogP contribution < -0.4 is 4.74 Å². The first-order valence-electron chi connectivity index (χ1n) is 8.49. The Morgan fingerprint density at radius 1 is 1.15 bits per heavy atom. The molecule has 136 valence electrons. The molecule has 1 aliphatic heterocycles. The van der Waals surface area contributed by atoms with Crippen LogP contribution in [0.5, 0.6) is 5.75 Å². The molecule has 1 aliphatic rings. The number of aromatic amines is 1. The van der Waals surface area contributed by atoms with Gasteiger partial charge in [-0.25, -0.2) is 13.4 Å². The van der Waals surface area contributed by atoms with Gasteiger partial charge in [-0.05, 0) is 55.3 Å². The van der Waals surface area contributed by atoms with E-state index in [0.717, 1.165) is 22.4 Å². The summed E-state index contributed by atoms with van der Waals surface area (Å²) >= 11 is 0. The third-order valence-electron chi connectivity index (χ3n) is 4.89. The molecule has 2 heterocycles. The van der Waals surface area contributed by atoms with Crippen LogP contribution in [0, 0.1) is 13.8 Å². The number of aryl methyl sites for hydroxylation is 2. The minimum Gasteiger partial charge on any atom is -0.496 e. The van der Waals surface area contributed by atoms with Gasteiger partial charge in [0.05, 0.1) is 23.0 Å². The van der Waals surface area contributed by atoms with E-state index >= 15 is 0 Å². The highest BCUT2D eigenvalue weighted by Gasteiger charge is 2.39. The molecule has 6 nitrogen and oxygen atoms in total. The van der Waals surface area contributed by atoms with E-state index in [-0.39, 0.29) is 5.92 Å². The second-order valence-electron chi connectivity index (χ2n) is 6.79. The molecule has 0 bridgehead atoms. The number of imidazole rings is 1. The summed E-state index contributed by atoms with van der Waals surface area (Å²) in [6, 6.07) is 11.0. The summed E-state index contributed by atoms with van der Waals surface area (Å²) in [6.07, 6.45) is 0. The van der Waals surface area contributed by atoms with Crippen LogP contribution in [-0.2, 0) is 10.0 Å². The van der Waals surface area contributed by atoms with Crippen molar-refractivity contribution < 1.29 is 13.2 Å². The van der Waals surface area contributed by atoms with E-state index < -0.39 is 10.0 Å². The van der Waals surface area contributed by atoms with E-state index in [1.165, 1.54) is 9.87 Å². The van der Waals surface area contributed by atoms with Gasteiger partial charge in [0.15, 0.2) is 0 Å². The highest BCUT2D eigenvalue weighted by molar-refractivity contribution is 7.89. The number of benzene rings is 2. The van der Waals surface area contributed by atoms with Crippen molar-refractivity contribution in [1.82, 2.24) is 14.3 Å². The van der Waals surface area contributed by atoms with Gasteiger partial charge in [0.25, 0.3) is 0 Å². The molecule has 0 radical (unpaired) electrons. The maximum atomic E-state index is 12.8. The van der Waals surface area contributed by atoms with Crippen LogP contribution in [-0.4, -0.2) is 42.9 Å². The zero-order valence-corrected chi connectivity index (χ0v) is 15.8. The van der Waals surface area contributed by atoms with Gasteiger partial charge in [0, 0.05) is 19.0 Å². The fourth-order valence-electron chi connectivity index (χ4n) is 3.30. The summed E-state index contributed by atoms with van der Waals surface area (Å²) < 4.78 is 32.3. The van der Waals surface area contributed by atoms with Gasteiger partial charge >= 0.3 is 0 Å². The fourth-order valence-corrected chi connectivity index (χ4v) is 4.92. The number of H-pyrrole nitrogens is 1. The summed E-state index contributed by atoms with van der Waals surface area (Å²) in [5, 5.41) is 0. The average molecular weight is 371 g/mol. The molecular formula is C19H21N3O3S. The van der Waals surface area contributed by atoms with Crippen molar-refractivity contribution in [3.8, 4) is 5.75 Å². The molecule has 0 saturated carbocycles. The molecule has 26 heavy (non-hydrogen) atoms. The molecule has 1 fully saturated rings. The van der Waals surface area contributed by atoms with E-state index in [1.54, 1.807) is 25.3 Å². The summed E-state index contributed by atoms with van der Waals surface area (Å²) in [5.41, 5.74) is 3.88. The third kappa shape index (κ3) is 2.77. The smallest absolute Gasteiger partial charge is 0.243 e. The van der Waals surface area contributed by atoms with Gasteiger partial charge in [-0.3, -0.25) is 0 Å². The predicted molar refractivity (Wildman–Crippen MR) is 100 cm³/mol. The number of hydrogen-bond donors (Lipinski definition) is 1. The number of sulfonamides is 1. The van der Waals surface area contributed by atoms with E-state index in [0.29, 0.717) is 23.7 Å². The van der Waals surface area contributed by atoms with Crippen LogP contribution in [0.4, 0.5) is 0 Å². The summed E-state index contributed by atoms with van der Waals surface area (Å²) in [6.45, 7) is 4.75. The van der Waals surface area contributed by atoms with Crippen LogP contribution in [0.15, 0.2) is 41.3 Å². The second-order valence-corrected chi connectivity index (χ2v) is 8.73. The van der Waals surface area contributed by atoms with Crippen molar-refractivity contribution in [2.45, 2.75) is 24.7 Å². The Hall–Kier alpha value is -2.38. The fraction of sp³-hybridized carbons (Fsp3) is 0.316. The largest absolute Gasteiger partial charge is 0.496 e. The SMILES string of the molecule is COc1ccc(S(=O)(=O)N2CC(c3nc4ccc(C)cc4[nH]3)C2)cc1C. The molecule has 1 aromatic heterocycles. The molecule has 2 aromatic carbocycles. The quantitative estimate of drug-likeness (QED) is 0.765. The maximum absolute atomic E-state index is 12.8. The molecule has 7 heteroatoms. The van der Waals surface area contributed by atoms with Gasteiger partial charge in [-0.15, -0.1) is 0 Å². The summed E-state index contributed by atoms with van der Waals surface area (Å²) in [4.78, 5) is 8.23. The lowest BCUT2D eigenvalue weighted by atomic mass is 10.0. The number of methoxy groups -OCH3 is 1. The monoisotopic (exact) mass is 371 g/mol. The lowest BCUT2D eigenvalue weighted by molar-refractivity contribution is 0.257. The molecule has 3 aromatic rings. The highest BCUT2D eigenvalue weighted by atomic mass is 32.2. The van der Waals surface area contributed by atoms with Crippen LogP contribution >= 0.6 is 0 Å². The molecule has 0 unspecified atom stereocenters. The molecule has 1 saturated heterocycles. The standard InChI is InChI=1S/C19H21N3O3S/c1-12-4-6-16-17(8-12)21-19(20-16)14-10-22(11-14)26(23,24)15-5-7-18(25-3)13(2)9-15/h4-9,14H,10-11H2,1-3H3,(H,20,21). The normalized spacial score (nSPS) is 16.0. The third-order valence-corrected chi connectivity index (χ3v) is 6.72. The second kappa shape index (κ2) is 6.10. The van der Waals surface area contributed by atoms with Gasteiger partial charge in [0.1, 0.15) is 11.6 Å². The van der Waals surface area contributed by atoms with E-state index in [9.17, 15) is 8.42 Å². The number of fused-ring (bicyclic) bond motifs is 1. The lowest BCUT2D eigenvalue weighted by Crippen LogP contribution is -2.48. The number of rotatable bonds is 4. The van der Waals surface area contributed by atoms with E-state index in [1.807, 2.05) is 26.0 Å². The Balaban J connectivity index is 1.53. The number of aromatic nitrogens is 2. The van der Waals surface area contributed by atoms with Crippen molar-refractivity contribution in [2.24, 2.45) is 0 Å².